The molecule has 9 heteroatoms. The Morgan fingerprint density at radius 1 is 1.15 bits per heavy atom. The predicted octanol–water partition coefficient (Wildman–Crippen LogP) is -2.07. The SMILES string of the molecule is C/C(=C\C(=O)O)COC1OC(C(=O)O)C(O)C(O)C1O. The number of carbonyl (C=O) groups is 2. The molecule has 9 nitrogen and oxygen atoms in total. The first-order valence-corrected chi connectivity index (χ1v) is 5.68. The van der Waals surface area contributed by atoms with E-state index in [-0.39, 0.29) is 6.61 Å². The predicted molar refractivity (Wildman–Crippen MR) is 61.7 cm³/mol. The molecular formula is C11H16O9. The number of ether oxygens (including phenoxy) is 2. The van der Waals surface area contributed by atoms with Gasteiger partial charge in [0.05, 0.1) is 6.61 Å². The van der Waals surface area contributed by atoms with Crippen molar-refractivity contribution in [2.24, 2.45) is 0 Å². The van der Waals surface area contributed by atoms with Gasteiger partial charge in [0, 0.05) is 6.08 Å². The van der Waals surface area contributed by atoms with Gasteiger partial charge in [0.2, 0.25) is 0 Å². The van der Waals surface area contributed by atoms with E-state index in [9.17, 15) is 24.9 Å². The van der Waals surface area contributed by atoms with Crippen LogP contribution in [0.25, 0.3) is 0 Å². The smallest absolute Gasteiger partial charge is 0.335 e. The van der Waals surface area contributed by atoms with Gasteiger partial charge in [-0.3, -0.25) is 0 Å². The lowest BCUT2D eigenvalue weighted by Crippen LogP contribution is -2.60. The minimum absolute atomic E-state index is 0.247. The van der Waals surface area contributed by atoms with Gasteiger partial charge in [0.1, 0.15) is 18.3 Å². The van der Waals surface area contributed by atoms with Gasteiger partial charge >= 0.3 is 11.9 Å². The molecule has 1 fully saturated rings. The van der Waals surface area contributed by atoms with Crippen LogP contribution in [0.1, 0.15) is 6.92 Å². The normalized spacial score (nSPS) is 34.8. The van der Waals surface area contributed by atoms with Crippen molar-refractivity contribution >= 4 is 11.9 Å². The Bertz CT molecular complexity index is 405. The van der Waals surface area contributed by atoms with Crippen LogP contribution in [0.2, 0.25) is 0 Å². The largest absolute Gasteiger partial charge is 0.479 e. The van der Waals surface area contributed by atoms with Gasteiger partial charge in [0.15, 0.2) is 12.4 Å². The van der Waals surface area contributed by atoms with Gasteiger partial charge in [-0.05, 0) is 12.5 Å². The average Bonchev–Trinajstić information content (AvgIpc) is 2.34. The van der Waals surface area contributed by atoms with Crippen LogP contribution in [0.15, 0.2) is 11.6 Å². The highest BCUT2D eigenvalue weighted by Crippen LogP contribution is 2.22. The van der Waals surface area contributed by atoms with Gasteiger partial charge < -0.3 is 35.0 Å². The summed E-state index contributed by atoms with van der Waals surface area (Å²) < 4.78 is 9.86. The zero-order valence-corrected chi connectivity index (χ0v) is 10.5. The molecule has 0 spiro atoms. The summed E-state index contributed by atoms with van der Waals surface area (Å²) in [6.07, 6.45) is -7.57. The van der Waals surface area contributed by atoms with Gasteiger partial charge in [-0.1, -0.05) is 0 Å². The molecule has 0 saturated carbocycles. The molecule has 1 heterocycles. The zero-order chi connectivity index (χ0) is 15.4. The van der Waals surface area contributed by atoms with Gasteiger partial charge in [-0.15, -0.1) is 0 Å². The summed E-state index contributed by atoms with van der Waals surface area (Å²) in [4.78, 5) is 21.2. The van der Waals surface area contributed by atoms with E-state index in [0.717, 1.165) is 6.08 Å². The standard InChI is InChI=1S/C11H16O9/c1-4(2-5(12)13)3-19-11-8(16)6(14)7(15)9(20-11)10(17)18/h2,6-9,11,14-16H,3H2,1H3,(H,12,13)(H,17,18)/b4-2+. The molecule has 5 unspecified atom stereocenters. The molecule has 1 aliphatic heterocycles. The number of carboxylic acids is 2. The minimum Gasteiger partial charge on any atom is -0.479 e. The van der Waals surface area contributed by atoms with Gasteiger partial charge in [0.25, 0.3) is 0 Å². The molecule has 0 aromatic carbocycles. The fourth-order valence-electron chi connectivity index (χ4n) is 1.66. The Morgan fingerprint density at radius 3 is 2.25 bits per heavy atom. The summed E-state index contributed by atoms with van der Waals surface area (Å²) in [6, 6.07) is 0. The summed E-state index contributed by atoms with van der Waals surface area (Å²) in [6.45, 7) is 1.20. The van der Waals surface area contributed by atoms with Crippen molar-refractivity contribution in [2.45, 2.75) is 37.6 Å². The molecule has 114 valence electrons. The number of hydrogen-bond donors (Lipinski definition) is 5. The van der Waals surface area contributed by atoms with Crippen molar-refractivity contribution in [1.29, 1.82) is 0 Å². The zero-order valence-electron chi connectivity index (χ0n) is 10.5. The Labute approximate surface area is 113 Å². The first-order chi connectivity index (χ1) is 9.23. The number of rotatable bonds is 5. The van der Waals surface area contributed by atoms with Crippen LogP contribution in [0.5, 0.6) is 0 Å². The second kappa shape index (κ2) is 6.77. The van der Waals surface area contributed by atoms with Crippen LogP contribution >= 0.6 is 0 Å². The highest BCUT2D eigenvalue weighted by atomic mass is 16.7. The lowest BCUT2D eigenvalue weighted by atomic mass is 9.99. The topological polar surface area (TPSA) is 154 Å². The first-order valence-electron chi connectivity index (χ1n) is 5.68. The Kier molecular flexibility index (Phi) is 5.60. The van der Waals surface area contributed by atoms with E-state index in [2.05, 4.69) is 0 Å². The number of hydrogen-bond acceptors (Lipinski definition) is 7. The highest BCUT2D eigenvalue weighted by Gasteiger charge is 2.47. The maximum atomic E-state index is 10.8. The molecule has 0 bridgehead atoms. The van der Waals surface area contributed by atoms with Crippen LogP contribution in [0, 0.1) is 0 Å². The molecule has 0 aliphatic carbocycles. The summed E-state index contributed by atoms with van der Waals surface area (Å²) in [5.74, 6) is -2.70. The summed E-state index contributed by atoms with van der Waals surface area (Å²) in [7, 11) is 0. The van der Waals surface area contributed by atoms with Crippen molar-refractivity contribution in [1.82, 2.24) is 0 Å². The summed E-state index contributed by atoms with van der Waals surface area (Å²) in [5.41, 5.74) is 0.292. The number of aliphatic hydroxyl groups excluding tert-OH is 3. The maximum absolute atomic E-state index is 10.8. The number of aliphatic carboxylic acids is 2. The second-order valence-electron chi connectivity index (χ2n) is 4.38. The maximum Gasteiger partial charge on any atom is 0.335 e. The third kappa shape index (κ3) is 3.99. The van der Waals surface area contributed by atoms with Gasteiger partial charge in [-0.2, -0.15) is 0 Å². The number of carboxylic acid groups (broad SMARTS) is 2. The molecule has 0 aromatic heterocycles. The molecular weight excluding hydrogens is 276 g/mol. The third-order valence-corrected chi connectivity index (χ3v) is 2.66. The van der Waals surface area contributed by atoms with Crippen LogP contribution in [0.3, 0.4) is 0 Å². The molecule has 20 heavy (non-hydrogen) atoms. The third-order valence-electron chi connectivity index (χ3n) is 2.66. The van der Waals surface area contributed by atoms with E-state index in [0.29, 0.717) is 5.57 Å². The fourth-order valence-corrected chi connectivity index (χ4v) is 1.66. The van der Waals surface area contributed by atoms with Crippen molar-refractivity contribution in [3.63, 3.8) is 0 Å². The van der Waals surface area contributed by atoms with E-state index in [1.807, 2.05) is 0 Å². The van der Waals surface area contributed by atoms with E-state index in [1.54, 1.807) is 0 Å². The molecule has 5 atom stereocenters. The molecule has 0 radical (unpaired) electrons. The molecule has 0 amide bonds. The lowest BCUT2D eigenvalue weighted by Gasteiger charge is -2.38. The minimum atomic E-state index is -1.79. The van der Waals surface area contributed by atoms with Crippen LogP contribution in [-0.4, -0.2) is 74.8 Å². The van der Waals surface area contributed by atoms with Crippen LogP contribution in [-0.2, 0) is 19.1 Å². The fraction of sp³-hybridized carbons (Fsp3) is 0.636. The Balaban J connectivity index is 2.69. The molecule has 5 N–H and O–H groups in total. The summed E-state index contributed by atoms with van der Waals surface area (Å²) >= 11 is 0. The molecule has 1 saturated heterocycles. The average molecular weight is 292 g/mol. The lowest BCUT2D eigenvalue weighted by molar-refractivity contribution is -0.292. The van der Waals surface area contributed by atoms with Crippen molar-refractivity contribution in [3.8, 4) is 0 Å². The van der Waals surface area contributed by atoms with E-state index >= 15 is 0 Å². The van der Waals surface area contributed by atoms with Crippen LogP contribution in [0.4, 0.5) is 0 Å². The molecule has 1 rings (SSSR count). The Morgan fingerprint density at radius 2 is 1.75 bits per heavy atom. The number of aliphatic hydroxyl groups is 3. The highest BCUT2D eigenvalue weighted by molar-refractivity contribution is 5.80. The van der Waals surface area contributed by atoms with Crippen molar-refractivity contribution < 1.29 is 44.6 Å². The van der Waals surface area contributed by atoms with E-state index in [4.69, 9.17) is 19.7 Å². The van der Waals surface area contributed by atoms with Crippen LogP contribution < -0.4 is 0 Å². The quantitative estimate of drug-likeness (QED) is 0.359. The van der Waals surface area contributed by atoms with Crippen molar-refractivity contribution in [3.05, 3.63) is 11.6 Å². The molecule has 0 aromatic rings. The Hall–Kier alpha value is -1.52. The second-order valence-corrected chi connectivity index (χ2v) is 4.38. The van der Waals surface area contributed by atoms with Crippen molar-refractivity contribution in [2.75, 3.05) is 6.61 Å². The monoisotopic (exact) mass is 292 g/mol. The van der Waals surface area contributed by atoms with E-state index in [1.165, 1.54) is 6.92 Å². The first kappa shape index (κ1) is 16.5. The molecule has 1 aliphatic rings. The van der Waals surface area contributed by atoms with Gasteiger partial charge in [-0.25, -0.2) is 9.59 Å². The summed E-state index contributed by atoms with van der Waals surface area (Å²) in [5, 5.41) is 45.9. The van der Waals surface area contributed by atoms with E-state index < -0.39 is 42.6 Å².